The van der Waals surface area contributed by atoms with Crippen LogP contribution in [0.2, 0.25) is 0 Å². The highest BCUT2D eigenvalue weighted by Crippen LogP contribution is 2.32. The van der Waals surface area contributed by atoms with Crippen molar-refractivity contribution in [1.29, 1.82) is 0 Å². The Hall–Kier alpha value is -1.78. The molecule has 0 atom stereocenters. The van der Waals surface area contributed by atoms with E-state index in [0.29, 0.717) is 0 Å². The Morgan fingerprint density at radius 2 is 2.25 bits per heavy atom. The minimum Gasteiger partial charge on any atom is -0.506 e. The lowest BCUT2D eigenvalue weighted by Crippen LogP contribution is -1.96. The summed E-state index contributed by atoms with van der Waals surface area (Å²) in [7, 11) is 1.52. The summed E-state index contributed by atoms with van der Waals surface area (Å²) in [4.78, 5) is 9.84. The van der Waals surface area contributed by atoms with Gasteiger partial charge in [0.25, 0.3) is 5.69 Å². The number of anilines is 1. The van der Waals surface area contributed by atoms with Crippen molar-refractivity contribution < 1.29 is 10.0 Å². The van der Waals surface area contributed by atoms with Gasteiger partial charge in [-0.1, -0.05) is 6.07 Å². The maximum Gasteiger partial charge on any atom is 0.296 e. The zero-order valence-corrected chi connectivity index (χ0v) is 6.44. The molecule has 5 nitrogen and oxygen atoms in total. The molecule has 2 N–H and O–H groups in total. The van der Waals surface area contributed by atoms with Crippen molar-refractivity contribution in [3.05, 3.63) is 28.3 Å². The highest BCUT2D eigenvalue weighted by Gasteiger charge is 2.14. The number of benzene rings is 1. The summed E-state index contributed by atoms with van der Waals surface area (Å²) in [5.41, 5.74) is 0.0139. The van der Waals surface area contributed by atoms with Crippen LogP contribution in [0.15, 0.2) is 18.2 Å². The van der Waals surface area contributed by atoms with Gasteiger partial charge in [-0.15, -0.1) is 0 Å². The normalized spacial score (nSPS) is 9.42. The summed E-state index contributed by atoms with van der Waals surface area (Å²) < 4.78 is 0. The fraction of sp³-hybridized carbons (Fsp3) is 0.143. The third-order valence-electron chi connectivity index (χ3n) is 1.47. The number of hydrogen-bond donors (Lipinski definition) is 2. The first kappa shape index (κ1) is 8.32. The summed E-state index contributed by atoms with van der Waals surface area (Å²) in [5.74, 6) is -0.119. The van der Waals surface area contributed by atoms with Crippen LogP contribution in [-0.4, -0.2) is 17.1 Å². The predicted octanol–water partition coefficient (Wildman–Crippen LogP) is 1.34. The summed E-state index contributed by atoms with van der Waals surface area (Å²) in [6.45, 7) is 0. The number of nitrogens with zero attached hydrogens (tertiary/aromatic N) is 1. The average Bonchev–Trinajstić information content (AvgIpc) is 2.03. The Morgan fingerprint density at radius 3 is 2.67 bits per heavy atom. The highest BCUT2D eigenvalue weighted by molar-refractivity contribution is 5.68. The lowest BCUT2D eigenvalue weighted by molar-refractivity contribution is -0.384. The Morgan fingerprint density at radius 1 is 1.58 bits per heavy atom. The van der Waals surface area contributed by atoms with Crippen LogP contribution in [-0.2, 0) is 0 Å². The van der Waals surface area contributed by atoms with Crippen LogP contribution in [0.3, 0.4) is 0 Å². The lowest BCUT2D eigenvalue weighted by Gasteiger charge is -2.02. The fourth-order valence-corrected chi connectivity index (χ4v) is 0.937. The molecule has 12 heavy (non-hydrogen) atoms. The number of nitro benzene ring substituents is 1. The lowest BCUT2D eigenvalue weighted by atomic mass is 10.2. The minimum atomic E-state index is -0.550. The smallest absolute Gasteiger partial charge is 0.296 e. The van der Waals surface area contributed by atoms with Crippen LogP contribution in [0, 0.1) is 10.1 Å². The van der Waals surface area contributed by atoms with Gasteiger partial charge in [-0.3, -0.25) is 10.1 Å². The van der Waals surface area contributed by atoms with Crippen molar-refractivity contribution >= 4 is 11.4 Å². The molecule has 1 rings (SSSR count). The monoisotopic (exact) mass is 168 g/mol. The van der Waals surface area contributed by atoms with Crippen LogP contribution in [0.1, 0.15) is 0 Å². The molecule has 1 aromatic carbocycles. The van der Waals surface area contributed by atoms with Crippen molar-refractivity contribution in [2.75, 3.05) is 12.4 Å². The van der Waals surface area contributed by atoms with Crippen LogP contribution in [0.25, 0.3) is 0 Å². The quantitative estimate of drug-likeness (QED) is 0.397. The molecule has 0 saturated heterocycles. The molecule has 5 heteroatoms. The molecule has 0 aliphatic carbocycles. The van der Waals surface area contributed by atoms with Gasteiger partial charge in [-0.25, -0.2) is 0 Å². The van der Waals surface area contributed by atoms with E-state index in [0.717, 1.165) is 0 Å². The number of aromatic hydroxyl groups is 1. The van der Waals surface area contributed by atoms with Gasteiger partial charge in [0.1, 0.15) is 5.75 Å². The summed E-state index contributed by atoms with van der Waals surface area (Å²) in [6, 6.07) is 4.14. The molecule has 0 aromatic heterocycles. The standard InChI is InChI=1S/C7H8N2O3/c1-8-7-5(9(11)12)3-2-4-6(7)10/h2-4,8,10H,1H3. The van der Waals surface area contributed by atoms with Gasteiger partial charge in [0.15, 0.2) is 5.69 Å². The average molecular weight is 168 g/mol. The zero-order chi connectivity index (χ0) is 9.14. The molecular weight excluding hydrogens is 160 g/mol. The molecule has 64 valence electrons. The Labute approximate surface area is 68.8 Å². The fourth-order valence-electron chi connectivity index (χ4n) is 0.937. The van der Waals surface area contributed by atoms with Gasteiger partial charge in [0.05, 0.1) is 4.92 Å². The van der Waals surface area contributed by atoms with Gasteiger partial charge in [0.2, 0.25) is 0 Å². The summed E-state index contributed by atoms with van der Waals surface area (Å²) in [5, 5.41) is 22.1. The highest BCUT2D eigenvalue weighted by atomic mass is 16.6. The molecular formula is C7H8N2O3. The van der Waals surface area contributed by atoms with Gasteiger partial charge in [-0.05, 0) is 6.07 Å². The maximum absolute atomic E-state index is 10.4. The molecule has 0 radical (unpaired) electrons. The molecule has 1 aromatic rings. The van der Waals surface area contributed by atoms with Crippen molar-refractivity contribution in [3.8, 4) is 5.75 Å². The number of nitro groups is 1. The van der Waals surface area contributed by atoms with Crippen molar-refractivity contribution in [3.63, 3.8) is 0 Å². The van der Waals surface area contributed by atoms with E-state index in [4.69, 9.17) is 0 Å². The number of phenols is 1. The Balaban J connectivity index is 3.27. The van der Waals surface area contributed by atoms with Crippen LogP contribution < -0.4 is 5.32 Å². The number of phenolic OH excluding ortho intramolecular Hbond substituents is 1. The van der Waals surface area contributed by atoms with Crippen molar-refractivity contribution in [1.82, 2.24) is 0 Å². The molecule has 0 unspecified atom stereocenters. The molecule has 0 amide bonds. The van der Waals surface area contributed by atoms with E-state index in [1.807, 2.05) is 0 Å². The van der Waals surface area contributed by atoms with E-state index in [2.05, 4.69) is 5.32 Å². The van der Waals surface area contributed by atoms with Crippen molar-refractivity contribution in [2.24, 2.45) is 0 Å². The van der Waals surface area contributed by atoms with Crippen LogP contribution in [0.5, 0.6) is 5.75 Å². The SMILES string of the molecule is CNc1c(O)cccc1[N+](=O)[O-]. The first-order valence-corrected chi connectivity index (χ1v) is 3.31. The minimum absolute atomic E-state index is 0.119. The summed E-state index contributed by atoms with van der Waals surface area (Å²) >= 11 is 0. The third-order valence-corrected chi connectivity index (χ3v) is 1.47. The largest absolute Gasteiger partial charge is 0.506 e. The number of rotatable bonds is 2. The second-order valence-electron chi connectivity index (χ2n) is 2.18. The molecule has 0 heterocycles. The number of para-hydroxylation sites is 1. The van der Waals surface area contributed by atoms with Gasteiger partial charge < -0.3 is 10.4 Å². The molecule has 0 aliphatic heterocycles. The van der Waals surface area contributed by atoms with E-state index in [-0.39, 0.29) is 17.1 Å². The molecule has 0 spiro atoms. The van der Waals surface area contributed by atoms with E-state index < -0.39 is 4.92 Å². The van der Waals surface area contributed by atoms with E-state index >= 15 is 0 Å². The van der Waals surface area contributed by atoms with Crippen LogP contribution in [0.4, 0.5) is 11.4 Å². The van der Waals surface area contributed by atoms with E-state index in [1.54, 1.807) is 0 Å². The van der Waals surface area contributed by atoms with E-state index in [1.165, 1.54) is 25.2 Å². The van der Waals surface area contributed by atoms with Gasteiger partial charge in [0, 0.05) is 13.1 Å². The number of hydrogen-bond acceptors (Lipinski definition) is 4. The van der Waals surface area contributed by atoms with E-state index in [9.17, 15) is 15.2 Å². The van der Waals surface area contributed by atoms with Gasteiger partial charge >= 0.3 is 0 Å². The van der Waals surface area contributed by atoms with Crippen LogP contribution >= 0.6 is 0 Å². The van der Waals surface area contributed by atoms with Crippen molar-refractivity contribution in [2.45, 2.75) is 0 Å². The number of nitrogens with one attached hydrogen (secondary N) is 1. The maximum atomic E-state index is 10.4. The first-order valence-electron chi connectivity index (χ1n) is 3.31. The second-order valence-corrected chi connectivity index (χ2v) is 2.18. The topological polar surface area (TPSA) is 75.4 Å². The molecule has 0 saturated carbocycles. The zero-order valence-electron chi connectivity index (χ0n) is 6.44. The molecule has 0 aliphatic rings. The molecule has 0 bridgehead atoms. The summed E-state index contributed by atoms with van der Waals surface area (Å²) in [6.07, 6.45) is 0. The third kappa shape index (κ3) is 1.29. The predicted molar refractivity (Wildman–Crippen MR) is 44.3 cm³/mol. The Kier molecular flexibility index (Phi) is 2.14. The molecule has 0 fully saturated rings. The van der Waals surface area contributed by atoms with Gasteiger partial charge in [-0.2, -0.15) is 0 Å². The first-order chi connectivity index (χ1) is 5.66. The second kappa shape index (κ2) is 3.08. The Bertz CT molecular complexity index is 312.